The molecule has 1 saturated heterocycles. The fourth-order valence-electron chi connectivity index (χ4n) is 2.03. The molecule has 1 atom stereocenters. The molecule has 0 aliphatic carbocycles. The summed E-state index contributed by atoms with van der Waals surface area (Å²) in [5.74, 6) is -3.28. The van der Waals surface area contributed by atoms with Crippen LogP contribution >= 0.6 is 12.4 Å². The first-order chi connectivity index (χ1) is 10.4. The maximum absolute atomic E-state index is 13.0. The quantitative estimate of drug-likeness (QED) is 0.721. The SMILES string of the molecule is Cl.NC(=O)CCOc1ccc(NC(=O)C2CC(F)(F)CN2)cc1. The molecule has 0 bridgehead atoms. The normalized spacial score (nSPS) is 18.8. The van der Waals surface area contributed by atoms with E-state index >= 15 is 0 Å². The minimum absolute atomic E-state index is 0. The lowest BCUT2D eigenvalue weighted by Gasteiger charge is -2.12. The van der Waals surface area contributed by atoms with Crippen molar-refractivity contribution in [3.63, 3.8) is 0 Å². The maximum Gasteiger partial charge on any atom is 0.262 e. The predicted octanol–water partition coefficient (Wildman–Crippen LogP) is 1.30. The molecule has 4 N–H and O–H groups in total. The van der Waals surface area contributed by atoms with E-state index in [1.807, 2.05) is 0 Å². The van der Waals surface area contributed by atoms with Crippen LogP contribution in [0, 0.1) is 0 Å². The van der Waals surface area contributed by atoms with Crippen LogP contribution in [0.5, 0.6) is 5.75 Å². The van der Waals surface area contributed by atoms with Gasteiger partial charge in [-0.2, -0.15) is 0 Å². The zero-order valence-corrected chi connectivity index (χ0v) is 13.0. The Morgan fingerprint density at radius 3 is 2.52 bits per heavy atom. The van der Waals surface area contributed by atoms with Crippen molar-refractivity contribution in [2.75, 3.05) is 18.5 Å². The van der Waals surface area contributed by atoms with Crippen molar-refractivity contribution in [3.8, 4) is 5.75 Å². The highest BCUT2D eigenvalue weighted by Crippen LogP contribution is 2.26. The molecule has 2 amide bonds. The predicted molar refractivity (Wildman–Crippen MR) is 83.0 cm³/mol. The van der Waals surface area contributed by atoms with Crippen molar-refractivity contribution in [2.24, 2.45) is 5.73 Å². The molecule has 1 fully saturated rings. The highest BCUT2D eigenvalue weighted by atomic mass is 35.5. The number of benzene rings is 1. The Morgan fingerprint density at radius 2 is 2.00 bits per heavy atom. The topological polar surface area (TPSA) is 93.5 Å². The van der Waals surface area contributed by atoms with Crippen molar-refractivity contribution in [1.82, 2.24) is 5.32 Å². The monoisotopic (exact) mass is 349 g/mol. The standard InChI is InChI=1S/C14H17F2N3O3.ClH/c15-14(16)7-11(18-8-14)13(21)19-9-1-3-10(4-2-9)22-6-5-12(17)20;/h1-4,11,18H,5-8H2,(H2,17,20)(H,19,21);1H. The maximum atomic E-state index is 13.0. The fraction of sp³-hybridized carbons (Fsp3) is 0.429. The number of carbonyl (C=O) groups is 2. The molecule has 0 aromatic heterocycles. The number of ether oxygens (including phenoxy) is 1. The number of rotatable bonds is 6. The van der Waals surface area contributed by atoms with E-state index in [0.717, 1.165) is 0 Å². The van der Waals surface area contributed by atoms with Gasteiger partial charge in [0.2, 0.25) is 11.8 Å². The van der Waals surface area contributed by atoms with E-state index < -0.39 is 36.7 Å². The average Bonchev–Trinajstić information content (AvgIpc) is 2.81. The summed E-state index contributed by atoms with van der Waals surface area (Å²) in [7, 11) is 0. The van der Waals surface area contributed by atoms with Crippen LogP contribution in [0.3, 0.4) is 0 Å². The van der Waals surface area contributed by atoms with E-state index in [-0.39, 0.29) is 25.4 Å². The molecular formula is C14H18ClF2N3O3. The number of primary amides is 1. The zero-order chi connectivity index (χ0) is 16.2. The van der Waals surface area contributed by atoms with Crippen LogP contribution in [0.4, 0.5) is 14.5 Å². The van der Waals surface area contributed by atoms with Crippen LogP contribution in [-0.2, 0) is 9.59 Å². The molecule has 1 aliphatic heterocycles. The third kappa shape index (κ3) is 5.99. The number of hydrogen-bond acceptors (Lipinski definition) is 4. The Bertz CT molecular complexity index is 555. The molecule has 0 saturated carbocycles. The first-order valence-corrected chi connectivity index (χ1v) is 6.79. The molecule has 1 aromatic carbocycles. The average molecular weight is 350 g/mol. The first-order valence-electron chi connectivity index (χ1n) is 6.79. The third-order valence-corrected chi connectivity index (χ3v) is 3.17. The summed E-state index contributed by atoms with van der Waals surface area (Å²) in [4.78, 5) is 22.4. The fourth-order valence-corrected chi connectivity index (χ4v) is 2.03. The number of hydrogen-bond donors (Lipinski definition) is 3. The summed E-state index contributed by atoms with van der Waals surface area (Å²) in [6, 6.07) is 5.48. The van der Waals surface area contributed by atoms with E-state index in [0.29, 0.717) is 11.4 Å². The Balaban J connectivity index is 0.00000264. The van der Waals surface area contributed by atoms with Gasteiger partial charge in [0.1, 0.15) is 5.75 Å². The van der Waals surface area contributed by atoms with Crippen LogP contribution in [0.1, 0.15) is 12.8 Å². The van der Waals surface area contributed by atoms with E-state index in [2.05, 4.69) is 10.6 Å². The Labute approximate surface area is 138 Å². The minimum Gasteiger partial charge on any atom is -0.493 e. The number of carbonyl (C=O) groups excluding carboxylic acids is 2. The van der Waals surface area contributed by atoms with Gasteiger partial charge in [-0.1, -0.05) is 0 Å². The number of halogens is 3. The number of alkyl halides is 2. The highest BCUT2D eigenvalue weighted by Gasteiger charge is 2.42. The van der Waals surface area contributed by atoms with Crippen molar-refractivity contribution in [1.29, 1.82) is 0 Å². The third-order valence-electron chi connectivity index (χ3n) is 3.17. The molecule has 1 aromatic rings. The molecule has 6 nitrogen and oxygen atoms in total. The van der Waals surface area contributed by atoms with E-state index in [1.54, 1.807) is 24.3 Å². The van der Waals surface area contributed by atoms with Crippen LogP contribution in [0.25, 0.3) is 0 Å². The van der Waals surface area contributed by atoms with Crippen LogP contribution in [-0.4, -0.2) is 36.9 Å². The second kappa shape index (κ2) is 8.07. The summed E-state index contributed by atoms with van der Waals surface area (Å²) < 4.78 is 31.3. The Morgan fingerprint density at radius 1 is 1.35 bits per heavy atom. The minimum atomic E-state index is -2.85. The molecule has 128 valence electrons. The van der Waals surface area contributed by atoms with Gasteiger partial charge in [0.05, 0.1) is 25.6 Å². The van der Waals surface area contributed by atoms with Crippen molar-refractivity contribution >= 4 is 29.9 Å². The van der Waals surface area contributed by atoms with Gasteiger partial charge < -0.3 is 15.8 Å². The van der Waals surface area contributed by atoms with Gasteiger partial charge in [0.15, 0.2) is 0 Å². The summed E-state index contributed by atoms with van der Waals surface area (Å²) in [6.07, 6.45) is -0.396. The molecule has 0 spiro atoms. The summed E-state index contributed by atoms with van der Waals surface area (Å²) in [5, 5.41) is 5.04. The van der Waals surface area contributed by atoms with Gasteiger partial charge >= 0.3 is 0 Å². The molecule has 1 heterocycles. The Hall–Kier alpha value is -1.93. The van der Waals surface area contributed by atoms with Gasteiger partial charge in [-0.25, -0.2) is 8.78 Å². The lowest BCUT2D eigenvalue weighted by atomic mass is 10.2. The molecule has 2 rings (SSSR count). The number of amides is 2. The molecule has 9 heteroatoms. The Kier molecular flexibility index (Phi) is 6.71. The van der Waals surface area contributed by atoms with Crippen molar-refractivity contribution in [2.45, 2.75) is 24.8 Å². The molecule has 23 heavy (non-hydrogen) atoms. The summed E-state index contributed by atoms with van der Waals surface area (Å²) >= 11 is 0. The van der Waals surface area contributed by atoms with Crippen molar-refractivity contribution in [3.05, 3.63) is 24.3 Å². The summed E-state index contributed by atoms with van der Waals surface area (Å²) in [6.45, 7) is -0.320. The van der Waals surface area contributed by atoms with Gasteiger partial charge in [0.25, 0.3) is 5.92 Å². The van der Waals surface area contributed by atoms with Gasteiger partial charge in [0, 0.05) is 12.1 Å². The van der Waals surface area contributed by atoms with E-state index in [1.165, 1.54) is 0 Å². The lowest BCUT2D eigenvalue weighted by molar-refractivity contribution is -0.119. The van der Waals surface area contributed by atoms with Gasteiger partial charge in [-0.3, -0.25) is 14.9 Å². The molecule has 0 radical (unpaired) electrons. The number of anilines is 1. The summed E-state index contributed by atoms with van der Waals surface area (Å²) in [5.41, 5.74) is 5.46. The highest BCUT2D eigenvalue weighted by molar-refractivity contribution is 5.95. The van der Waals surface area contributed by atoms with Crippen LogP contribution in [0.15, 0.2) is 24.3 Å². The van der Waals surface area contributed by atoms with E-state index in [4.69, 9.17) is 10.5 Å². The lowest BCUT2D eigenvalue weighted by Crippen LogP contribution is -2.35. The van der Waals surface area contributed by atoms with Crippen LogP contribution in [0.2, 0.25) is 0 Å². The number of nitrogens with two attached hydrogens (primary N) is 1. The van der Waals surface area contributed by atoms with Crippen molar-refractivity contribution < 1.29 is 23.1 Å². The largest absolute Gasteiger partial charge is 0.493 e. The first kappa shape index (κ1) is 19.1. The van der Waals surface area contributed by atoms with Crippen LogP contribution < -0.4 is 21.1 Å². The molecule has 1 aliphatic rings. The second-order valence-corrected chi connectivity index (χ2v) is 5.07. The zero-order valence-electron chi connectivity index (χ0n) is 12.2. The molecule has 1 unspecified atom stereocenters. The van der Waals surface area contributed by atoms with Gasteiger partial charge in [-0.05, 0) is 24.3 Å². The molecular weight excluding hydrogens is 332 g/mol. The second-order valence-electron chi connectivity index (χ2n) is 5.07. The number of nitrogens with one attached hydrogen (secondary N) is 2. The van der Waals surface area contributed by atoms with E-state index in [9.17, 15) is 18.4 Å². The smallest absolute Gasteiger partial charge is 0.262 e. The van der Waals surface area contributed by atoms with Gasteiger partial charge in [-0.15, -0.1) is 12.4 Å².